The van der Waals surface area contributed by atoms with Crippen LogP contribution in [0.4, 0.5) is 0 Å². The van der Waals surface area contributed by atoms with Crippen LogP contribution in [-0.4, -0.2) is 15.7 Å². The predicted octanol–water partition coefficient (Wildman–Crippen LogP) is 4.10. The number of hydrogen-bond donors (Lipinski definition) is 1. The number of aryl methyl sites for hydroxylation is 1. The van der Waals surface area contributed by atoms with Crippen LogP contribution in [0.1, 0.15) is 19.2 Å². The lowest BCUT2D eigenvalue weighted by Crippen LogP contribution is -2.32. The Kier molecular flexibility index (Phi) is 3.19. The van der Waals surface area contributed by atoms with Gasteiger partial charge in [-0.25, -0.2) is 9.66 Å². The molecule has 0 radical (unpaired) electrons. The molecule has 0 fully saturated rings. The fraction of sp³-hybridized carbons (Fsp3) is 0.211. The zero-order valence-corrected chi connectivity index (χ0v) is 12.7. The van der Waals surface area contributed by atoms with Gasteiger partial charge in [-0.05, 0) is 13.3 Å². The van der Waals surface area contributed by atoms with Crippen molar-refractivity contribution >= 4 is 0 Å². The molecule has 4 rings (SSSR count). The molecule has 0 saturated carbocycles. The van der Waals surface area contributed by atoms with Gasteiger partial charge < -0.3 is 5.43 Å². The number of aromatic nitrogens is 2. The van der Waals surface area contributed by atoms with E-state index in [0.29, 0.717) is 6.04 Å². The highest BCUT2D eigenvalue weighted by atomic mass is 15.5. The summed E-state index contributed by atoms with van der Waals surface area (Å²) in [4.78, 5) is 4.93. The van der Waals surface area contributed by atoms with Crippen LogP contribution in [0.3, 0.4) is 0 Å². The minimum absolute atomic E-state index is 0.466. The van der Waals surface area contributed by atoms with Gasteiger partial charge in [0.15, 0.2) is 0 Å². The first kappa shape index (κ1) is 13.1. The Morgan fingerprint density at radius 3 is 2.27 bits per heavy atom. The molecule has 3 heteroatoms. The molecule has 3 aromatic rings. The van der Waals surface area contributed by atoms with Crippen LogP contribution in [0.15, 0.2) is 60.7 Å². The molecule has 3 nitrogen and oxygen atoms in total. The largest absolute Gasteiger partial charge is 0.321 e. The van der Waals surface area contributed by atoms with E-state index in [9.17, 15) is 0 Å². The van der Waals surface area contributed by atoms with Crippen molar-refractivity contribution in [2.24, 2.45) is 0 Å². The van der Waals surface area contributed by atoms with E-state index in [4.69, 9.17) is 4.98 Å². The van der Waals surface area contributed by atoms with Crippen LogP contribution < -0.4 is 5.43 Å². The van der Waals surface area contributed by atoms with E-state index in [1.54, 1.807) is 0 Å². The van der Waals surface area contributed by atoms with Gasteiger partial charge in [0.05, 0.1) is 11.4 Å². The molecule has 1 N–H and O–H groups in total. The topological polar surface area (TPSA) is 29.9 Å². The van der Waals surface area contributed by atoms with Gasteiger partial charge in [0.2, 0.25) is 0 Å². The van der Waals surface area contributed by atoms with Crippen molar-refractivity contribution in [1.29, 1.82) is 0 Å². The monoisotopic (exact) mass is 289 g/mol. The zero-order valence-electron chi connectivity index (χ0n) is 12.7. The van der Waals surface area contributed by atoms with Crippen molar-refractivity contribution in [3.63, 3.8) is 0 Å². The molecule has 0 spiro atoms. The van der Waals surface area contributed by atoms with Crippen molar-refractivity contribution in [1.82, 2.24) is 9.66 Å². The molecule has 110 valence electrons. The van der Waals surface area contributed by atoms with E-state index in [1.807, 2.05) is 6.07 Å². The minimum atomic E-state index is 0.466. The molecule has 0 bridgehead atoms. The van der Waals surface area contributed by atoms with Crippen LogP contribution in [0.2, 0.25) is 0 Å². The van der Waals surface area contributed by atoms with Crippen molar-refractivity contribution in [2.75, 3.05) is 5.43 Å². The fourth-order valence-electron chi connectivity index (χ4n) is 3.06. The lowest BCUT2D eigenvalue weighted by Gasteiger charge is -2.25. The summed E-state index contributed by atoms with van der Waals surface area (Å²) in [5.41, 5.74) is 8.15. The Labute approximate surface area is 130 Å². The van der Waals surface area contributed by atoms with Gasteiger partial charge in [0, 0.05) is 23.6 Å². The average Bonchev–Trinajstić information content (AvgIpc) is 2.95. The van der Waals surface area contributed by atoms with E-state index in [1.165, 1.54) is 5.56 Å². The second-order valence-corrected chi connectivity index (χ2v) is 5.86. The lowest BCUT2D eigenvalue weighted by atomic mass is 10.1. The third kappa shape index (κ3) is 2.19. The molecule has 1 aliphatic rings. The summed E-state index contributed by atoms with van der Waals surface area (Å²) in [5.74, 6) is 1.12. The first-order chi connectivity index (χ1) is 10.8. The van der Waals surface area contributed by atoms with Gasteiger partial charge in [0.1, 0.15) is 5.82 Å². The van der Waals surface area contributed by atoms with Crippen molar-refractivity contribution in [3.05, 3.63) is 66.5 Å². The van der Waals surface area contributed by atoms with E-state index in [2.05, 4.69) is 71.6 Å². The molecule has 2 heterocycles. The van der Waals surface area contributed by atoms with Crippen LogP contribution in [0.5, 0.6) is 0 Å². The Bertz CT molecular complexity index is 775. The molecular formula is C19H19N3. The van der Waals surface area contributed by atoms with Crippen molar-refractivity contribution < 1.29 is 0 Å². The second kappa shape index (κ2) is 5.34. The summed E-state index contributed by atoms with van der Waals surface area (Å²) in [6.45, 7) is 2.22. The lowest BCUT2D eigenvalue weighted by molar-refractivity contribution is 0.553. The fourth-order valence-corrected chi connectivity index (χ4v) is 3.06. The van der Waals surface area contributed by atoms with Gasteiger partial charge in [-0.2, -0.15) is 0 Å². The first-order valence-electron chi connectivity index (χ1n) is 7.82. The quantitative estimate of drug-likeness (QED) is 0.770. The molecular weight excluding hydrogens is 270 g/mol. The highest BCUT2D eigenvalue weighted by Gasteiger charge is 2.24. The van der Waals surface area contributed by atoms with Crippen molar-refractivity contribution in [2.45, 2.75) is 25.8 Å². The summed E-state index contributed by atoms with van der Waals surface area (Å²) in [6, 6.07) is 21.4. The summed E-state index contributed by atoms with van der Waals surface area (Å²) in [5, 5.41) is 0. The molecule has 0 saturated heterocycles. The van der Waals surface area contributed by atoms with Crippen LogP contribution in [-0.2, 0) is 6.42 Å². The normalized spacial score (nSPS) is 16.9. The smallest absolute Gasteiger partial charge is 0.128 e. The summed E-state index contributed by atoms with van der Waals surface area (Å²) in [7, 11) is 0. The van der Waals surface area contributed by atoms with Gasteiger partial charge in [0.25, 0.3) is 0 Å². The van der Waals surface area contributed by atoms with Gasteiger partial charge in [-0.3, -0.25) is 0 Å². The molecule has 1 atom stereocenters. The summed E-state index contributed by atoms with van der Waals surface area (Å²) >= 11 is 0. The number of benzene rings is 2. The van der Waals surface area contributed by atoms with E-state index >= 15 is 0 Å². The maximum Gasteiger partial charge on any atom is 0.128 e. The first-order valence-corrected chi connectivity index (χ1v) is 7.82. The molecule has 2 aromatic carbocycles. The number of fused-ring (bicyclic) bond motifs is 1. The van der Waals surface area contributed by atoms with Gasteiger partial charge in [-0.1, -0.05) is 60.7 Å². The Balaban J connectivity index is 1.95. The molecule has 1 aromatic heterocycles. The highest BCUT2D eigenvalue weighted by Crippen LogP contribution is 2.33. The number of rotatable bonds is 2. The number of nitrogens with zero attached hydrogens (tertiary/aromatic N) is 2. The Morgan fingerprint density at radius 2 is 1.59 bits per heavy atom. The SMILES string of the molecule is CC1CCc2nc(-c3ccccc3)c(-c3ccccc3)n2N1. The molecule has 1 aliphatic heterocycles. The zero-order chi connectivity index (χ0) is 14.9. The standard InChI is InChI=1S/C19H19N3/c1-14-12-13-17-20-18(15-8-4-2-5-9-15)19(22(17)21-14)16-10-6-3-7-11-16/h2-11,14,21H,12-13H2,1H3. The molecule has 0 amide bonds. The predicted molar refractivity (Wildman–Crippen MR) is 90.2 cm³/mol. The van der Waals surface area contributed by atoms with Crippen molar-refractivity contribution in [3.8, 4) is 22.5 Å². The average molecular weight is 289 g/mol. The van der Waals surface area contributed by atoms with Crippen LogP contribution >= 0.6 is 0 Å². The van der Waals surface area contributed by atoms with Gasteiger partial charge >= 0.3 is 0 Å². The number of nitrogens with one attached hydrogen (secondary N) is 1. The highest BCUT2D eigenvalue weighted by molar-refractivity contribution is 5.79. The third-order valence-electron chi connectivity index (χ3n) is 4.19. The summed E-state index contributed by atoms with van der Waals surface area (Å²) < 4.78 is 2.19. The molecule has 0 aliphatic carbocycles. The minimum Gasteiger partial charge on any atom is -0.321 e. The second-order valence-electron chi connectivity index (χ2n) is 5.86. The molecule has 1 unspecified atom stereocenters. The van der Waals surface area contributed by atoms with E-state index < -0.39 is 0 Å². The molecule has 22 heavy (non-hydrogen) atoms. The van der Waals surface area contributed by atoms with E-state index in [-0.39, 0.29) is 0 Å². The Morgan fingerprint density at radius 1 is 0.955 bits per heavy atom. The van der Waals surface area contributed by atoms with Crippen LogP contribution in [0, 0.1) is 0 Å². The van der Waals surface area contributed by atoms with Gasteiger partial charge in [-0.15, -0.1) is 0 Å². The Hall–Kier alpha value is -2.55. The maximum absolute atomic E-state index is 4.93. The maximum atomic E-state index is 4.93. The number of imidazole rings is 1. The summed E-state index contributed by atoms with van der Waals surface area (Å²) in [6.07, 6.45) is 2.14. The number of hydrogen-bond acceptors (Lipinski definition) is 2. The van der Waals surface area contributed by atoms with E-state index in [0.717, 1.165) is 35.6 Å². The third-order valence-corrected chi connectivity index (χ3v) is 4.19. The van der Waals surface area contributed by atoms with Crippen LogP contribution in [0.25, 0.3) is 22.5 Å².